The lowest BCUT2D eigenvalue weighted by Gasteiger charge is -2.33. The summed E-state index contributed by atoms with van der Waals surface area (Å²) < 4.78 is 0. The second kappa shape index (κ2) is 3.00. The molecule has 0 aromatic carbocycles. The van der Waals surface area contributed by atoms with Gasteiger partial charge >= 0.3 is 0 Å². The van der Waals surface area contributed by atoms with Crippen molar-refractivity contribution in [1.82, 2.24) is 10.2 Å². The lowest BCUT2D eigenvalue weighted by Crippen LogP contribution is -2.42. The summed E-state index contributed by atoms with van der Waals surface area (Å²) in [5, 5.41) is 3.50. The fourth-order valence-electron chi connectivity index (χ4n) is 2.60. The van der Waals surface area contributed by atoms with Crippen molar-refractivity contribution in [3.63, 3.8) is 0 Å². The molecule has 2 aliphatic rings. The van der Waals surface area contributed by atoms with Gasteiger partial charge in [-0.25, -0.2) is 0 Å². The van der Waals surface area contributed by atoms with E-state index in [9.17, 15) is 0 Å². The summed E-state index contributed by atoms with van der Waals surface area (Å²) in [6.45, 7) is 9.82. The molecule has 0 spiro atoms. The van der Waals surface area contributed by atoms with Gasteiger partial charge in [0, 0.05) is 19.1 Å². The van der Waals surface area contributed by atoms with Gasteiger partial charge in [-0.15, -0.1) is 0 Å². The number of likely N-dealkylation sites (tertiary alicyclic amines) is 1. The Morgan fingerprint density at radius 3 is 2.42 bits per heavy atom. The van der Waals surface area contributed by atoms with Crippen molar-refractivity contribution >= 4 is 0 Å². The monoisotopic (exact) mass is 168 g/mol. The van der Waals surface area contributed by atoms with Crippen LogP contribution >= 0.6 is 0 Å². The zero-order chi connectivity index (χ0) is 8.60. The third-order valence-corrected chi connectivity index (χ3v) is 3.40. The Kier molecular flexibility index (Phi) is 2.13. The van der Waals surface area contributed by atoms with E-state index in [-0.39, 0.29) is 0 Å². The molecule has 2 saturated heterocycles. The van der Waals surface area contributed by atoms with Gasteiger partial charge < -0.3 is 5.32 Å². The average molecular weight is 168 g/mol. The summed E-state index contributed by atoms with van der Waals surface area (Å²) in [5.41, 5.74) is 0.490. The smallest absolute Gasteiger partial charge is 0.0283 e. The van der Waals surface area contributed by atoms with E-state index in [4.69, 9.17) is 0 Å². The van der Waals surface area contributed by atoms with Crippen LogP contribution < -0.4 is 5.32 Å². The van der Waals surface area contributed by atoms with Crippen LogP contribution in [0.3, 0.4) is 0 Å². The Bertz CT molecular complexity index is 159. The van der Waals surface area contributed by atoms with Crippen molar-refractivity contribution in [3.8, 4) is 0 Å². The first-order chi connectivity index (χ1) is 5.70. The zero-order valence-corrected chi connectivity index (χ0v) is 8.27. The van der Waals surface area contributed by atoms with Crippen LogP contribution in [0.4, 0.5) is 0 Å². The predicted molar refractivity (Wildman–Crippen MR) is 51.2 cm³/mol. The van der Waals surface area contributed by atoms with Gasteiger partial charge in [0.25, 0.3) is 0 Å². The molecule has 0 aromatic heterocycles. The van der Waals surface area contributed by atoms with E-state index in [0.29, 0.717) is 5.41 Å². The van der Waals surface area contributed by atoms with Crippen LogP contribution in [0.25, 0.3) is 0 Å². The minimum absolute atomic E-state index is 0.490. The summed E-state index contributed by atoms with van der Waals surface area (Å²) in [6, 6.07) is 0.792. The second-order valence-corrected chi connectivity index (χ2v) is 4.88. The molecule has 0 radical (unpaired) electrons. The standard InChI is InChI=1S/C10H20N2/c1-10(2)8-11-7-9(10)12-5-3-4-6-12/h9,11H,3-8H2,1-2H3. The average Bonchev–Trinajstić information content (AvgIpc) is 2.55. The molecule has 0 amide bonds. The highest BCUT2D eigenvalue weighted by molar-refractivity contribution is 4.96. The maximum Gasteiger partial charge on any atom is 0.0283 e. The lowest BCUT2D eigenvalue weighted by atomic mass is 9.87. The maximum absolute atomic E-state index is 3.50. The molecule has 0 aromatic rings. The molecule has 0 aliphatic carbocycles. The minimum atomic E-state index is 0.490. The normalized spacial score (nSPS) is 36.0. The molecule has 1 unspecified atom stereocenters. The van der Waals surface area contributed by atoms with Gasteiger partial charge in [-0.2, -0.15) is 0 Å². The van der Waals surface area contributed by atoms with Gasteiger partial charge in [0.05, 0.1) is 0 Å². The first-order valence-electron chi connectivity index (χ1n) is 5.15. The summed E-state index contributed by atoms with van der Waals surface area (Å²) in [4.78, 5) is 2.67. The van der Waals surface area contributed by atoms with Crippen molar-refractivity contribution in [1.29, 1.82) is 0 Å². The maximum atomic E-state index is 3.50. The van der Waals surface area contributed by atoms with E-state index in [1.54, 1.807) is 0 Å². The Labute approximate surface area is 75.3 Å². The number of hydrogen-bond acceptors (Lipinski definition) is 2. The Morgan fingerprint density at radius 2 is 1.92 bits per heavy atom. The van der Waals surface area contributed by atoms with Crippen molar-refractivity contribution in [2.75, 3.05) is 26.2 Å². The molecule has 2 heterocycles. The predicted octanol–water partition coefficient (Wildman–Crippen LogP) is 1.08. The van der Waals surface area contributed by atoms with Gasteiger partial charge in [-0.3, -0.25) is 4.90 Å². The number of hydrogen-bond donors (Lipinski definition) is 1. The van der Waals surface area contributed by atoms with E-state index in [0.717, 1.165) is 6.04 Å². The molecule has 2 heteroatoms. The summed E-state index contributed by atoms with van der Waals surface area (Å²) in [6.07, 6.45) is 2.82. The van der Waals surface area contributed by atoms with Gasteiger partial charge in [-0.05, 0) is 31.3 Å². The van der Waals surface area contributed by atoms with E-state index in [2.05, 4.69) is 24.1 Å². The molecule has 2 fully saturated rings. The first kappa shape index (κ1) is 8.52. The topological polar surface area (TPSA) is 15.3 Å². The van der Waals surface area contributed by atoms with Crippen LogP contribution in [0.5, 0.6) is 0 Å². The molecule has 70 valence electrons. The van der Waals surface area contributed by atoms with Gasteiger partial charge in [-0.1, -0.05) is 13.8 Å². The highest BCUT2D eigenvalue weighted by atomic mass is 15.2. The fourth-order valence-corrected chi connectivity index (χ4v) is 2.60. The Hall–Kier alpha value is -0.0800. The first-order valence-corrected chi connectivity index (χ1v) is 5.15. The highest BCUT2D eigenvalue weighted by Crippen LogP contribution is 2.30. The van der Waals surface area contributed by atoms with Crippen LogP contribution in [0, 0.1) is 5.41 Å². The van der Waals surface area contributed by atoms with E-state index < -0.39 is 0 Å². The van der Waals surface area contributed by atoms with E-state index >= 15 is 0 Å². The van der Waals surface area contributed by atoms with E-state index in [1.807, 2.05) is 0 Å². The zero-order valence-electron chi connectivity index (χ0n) is 8.27. The minimum Gasteiger partial charge on any atom is -0.315 e. The molecule has 2 rings (SSSR count). The van der Waals surface area contributed by atoms with Crippen LogP contribution in [-0.2, 0) is 0 Å². The summed E-state index contributed by atoms with van der Waals surface area (Å²) >= 11 is 0. The Morgan fingerprint density at radius 1 is 1.25 bits per heavy atom. The summed E-state index contributed by atoms with van der Waals surface area (Å²) in [7, 11) is 0. The molecule has 0 saturated carbocycles. The van der Waals surface area contributed by atoms with Gasteiger partial charge in [0.15, 0.2) is 0 Å². The van der Waals surface area contributed by atoms with Crippen LogP contribution in [0.15, 0.2) is 0 Å². The molecule has 2 aliphatic heterocycles. The van der Waals surface area contributed by atoms with Crippen molar-refractivity contribution < 1.29 is 0 Å². The van der Waals surface area contributed by atoms with Crippen molar-refractivity contribution in [3.05, 3.63) is 0 Å². The molecular weight excluding hydrogens is 148 g/mol. The van der Waals surface area contributed by atoms with E-state index in [1.165, 1.54) is 39.0 Å². The number of nitrogens with zero attached hydrogens (tertiary/aromatic N) is 1. The van der Waals surface area contributed by atoms with Crippen LogP contribution in [-0.4, -0.2) is 37.1 Å². The summed E-state index contributed by atoms with van der Waals surface area (Å²) in [5.74, 6) is 0. The molecule has 0 bridgehead atoms. The number of rotatable bonds is 1. The third-order valence-electron chi connectivity index (χ3n) is 3.40. The van der Waals surface area contributed by atoms with Gasteiger partial charge in [0.1, 0.15) is 0 Å². The lowest BCUT2D eigenvalue weighted by molar-refractivity contribution is 0.157. The van der Waals surface area contributed by atoms with Gasteiger partial charge in [0.2, 0.25) is 0 Å². The second-order valence-electron chi connectivity index (χ2n) is 4.88. The SMILES string of the molecule is CC1(C)CNCC1N1CCCC1. The van der Waals surface area contributed by atoms with Crippen molar-refractivity contribution in [2.45, 2.75) is 32.7 Å². The Balaban J connectivity index is 2.02. The molecule has 12 heavy (non-hydrogen) atoms. The van der Waals surface area contributed by atoms with Crippen LogP contribution in [0.1, 0.15) is 26.7 Å². The van der Waals surface area contributed by atoms with Crippen molar-refractivity contribution in [2.24, 2.45) is 5.41 Å². The number of nitrogens with one attached hydrogen (secondary N) is 1. The molecule has 1 atom stereocenters. The largest absolute Gasteiger partial charge is 0.315 e. The van der Waals surface area contributed by atoms with Crippen LogP contribution in [0.2, 0.25) is 0 Å². The molecular formula is C10H20N2. The molecule has 1 N–H and O–H groups in total. The molecule has 2 nitrogen and oxygen atoms in total. The quantitative estimate of drug-likeness (QED) is 0.630. The third kappa shape index (κ3) is 1.38. The fraction of sp³-hybridized carbons (Fsp3) is 1.00. The highest BCUT2D eigenvalue weighted by Gasteiger charge is 2.38.